The van der Waals surface area contributed by atoms with Gasteiger partial charge in [-0.05, 0) is 18.9 Å². The van der Waals surface area contributed by atoms with Gasteiger partial charge in [-0.1, -0.05) is 25.6 Å². The van der Waals surface area contributed by atoms with E-state index < -0.39 is 0 Å². The number of unbranched alkanes of at least 4 members (excludes halogenated alkanes) is 1. The van der Waals surface area contributed by atoms with Crippen LogP contribution in [-0.2, 0) is 0 Å². The molecule has 0 amide bonds. The highest BCUT2D eigenvalue weighted by Gasteiger charge is 2.00. The highest BCUT2D eigenvalue weighted by atomic mass is 32.1. The third kappa shape index (κ3) is 2.46. The van der Waals surface area contributed by atoms with Gasteiger partial charge in [0.05, 0.1) is 12.5 Å². The van der Waals surface area contributed by atoms with Crippen molar-refractivity contribution in [1.29, 1.82) is 0 Å². The molecule has 0 aliphatic rings. The molecular weight excluding hydrogens is 156 g/mol. The zero-order chi connectivity index (χ0) is 8.10. The highest BCUT2D eigenvalue weighted by Crippen LogP contribution is 2.08. The van der Waals surface area contributed by atoms with Crippen molar-refractivity contribution in [1.82, 2.24) is 0 Å². The second-order valence-electron chi connectivity index (χ2n) is 2.54. The van der Waals surface area contributed by atoms with Crippen LogP contribution in [0.1, 0.15) is 31.7 Å². The maximum absolute atomic E-state index is 5.18. The van der Waals surface area contributed by atoms with E-state index in [0.717, 1.165) is 16.8 Å². The van der Waals surface area contributed by atoms with Crippen LogP contribution in [0.5, 0.6) is 0 Å². The molecule has 1 aromatic rings. The van der Waals surface area contributed by atoms with Gasteiger partial charge >= 0.3 is 0 Å². The van der Waals surface area contributed by atoms with Gasteiger partial charge in [-0.3, -0.25) is 0 Å². The van der Waals surface area contributed by atoms with E-state index in [-0.39, 0.29) is 0 Å². The van der Waals surface area contributed by atoms with Gasteiger partial charge in [-0.25, -0.2) is 0 Å². The normalized spacial score (nSPS) is 9.91. The highest BCUT2D eigenvalue weighted by molar-refractivity contribution is 7.80. The summed E-state index contributed by atoms with van der Waals surface area (Å²) in [5, 5.41) is 0. The molecule has 0 saturated heterocycles. The summed E-state index contributed by atoms with van der Waals surface area (Å²) >= 11 is 5.18. The van der Waals surface area contributed by atoms with Crippen LogP contribution in [0, 0.1) is 0 Å². The van der Waals surface area contributed by atoms with Gasteiger partial charge < -0.3 is 4.42 Å². The molecule has 60 valence electrons. The van der Waals surface area contributed by atoms with Crippen LogP contribution in [-0.4, -0.2) is 4.86 Å². The van der Waals surface area contributed by atoms with Gasteiger partial charge in [0.2, 0.25) is 0 Å². The lowest BCUT2D eigenvalue weighted by atomic mass is 10.1. The van der Waals surface area contributed by atoms with Gasteiger partial charge in [0.1, 0.15) is 0 Å². The molecule has 11 heavy (non-hydrogen) atoms. The van der Waals surface area contributed by atoms with Crippen LogP contribution >= 0.6 is 12.2 Å². The Balaban J connectivity index is 2.43. The van der Waals surface area contributed by atoms with Crippen LogP contribution < -0.4 is 0 Å². The summed E-state index contributed by atoms with van der Waals surface area (Å²) in [5.41, 5.74) is 1.06. The van der Waals surface area contributed by atoms with Crippen LogP contribution in [0.2, 0.25) is 0 Å². The van der Waals surface area contributed by atoms with Crippen LogP contribution in [0.15, 0.2) is 23.0 Å². The van der Waals surface area contributed by atoms with Crippen LogP contribution in [0.3, 0.4) is 0 Å². The van der Waals surface area contributed by atoms with Crippen LogP contribution in [0.4, 0.5) is 0 Å². The lowest BCUT2D eigenvalue weighted by molar-refractivity contribution is 0.567. The van der Waals surface area contributed by atoms with Crippen molar-refractivity contribution in [3.63, 3.8) is 0 Å². The van der Waals surface area contributed by atoms with Gasteiger partial charge in [0, 0.05) is 10.4 Å². The summed E-state index contributed by atoms with van der Waals surface area (Å²) in [7, 11) is 0. The van der Waals surface area contributed by atoms with E-state index in [1.165, 1.54) is 12.8 Å². The molecule has 1 aromatic heterocycles. The SMILES string of the molecule is CCCCC(=S)c1ccoc1. The molecule has 0 aliphatic heterocycles. The van der Waals surface area contributed by atoms with Crippen molar-refractivity contribution in [3.05, 3.63) is 24.2 Å². The summed E-state index contributed by atoms with van der Waals surface area (Å²) in [5.74, 6) is 0. The van der Waals surface area contributed by atoms with Gasteiger partial charge in [-0.15, -0.1) is 0 Å². The average Bonchev–Trinajstić information content (AvgIpc) is 2.52. The monoisotopic (exact) mass is 168 g/mol. The Labute approximate surface area is 72.4 Å². The smallest absolute Gasteiger partial charge is 0.0986 e. The first-order valence-corrected chi connectivity index (χ1v) is 4.31. The molecule has 1 rings (SSSR count). The standard InChI is InChI=1S/C9H12OS/c1-2-3-4-9(11)8-5-6-10-7-8/h5-7H,2-4H2,1H3. The lowest BCUT2D eigenvalue weighted by Gasteiger charge is -1.96. The summed E-state index contributed by atoms with van der Waals surface area (Å²) in [6.45, 7) is 2.16. The maximum atomic E-state index is 5.18. The molecule has 1 nitrogen and oxygen atoms in total. The molecule has 0 fully saturated rings. The molecule has 0 N–H and O–H groups in total. The molecule has 1 heterocycles. The minimum absolute atomic E-state index is 1.01. The van der Waals surface area contributed by atoms with Crippen molar-refractivity contribution in [2.75, 3.05) is 0 Å². The van der Waals surface area contributed by atoms with E-state index in [9.17, 15) is 0 Å². The first-order valence-electron chi connectivity index (χ1n) is 3.90. The van der Waals surface area contributed by atoms with Crippen molar-refractivity contribution < 1.29 is 4.42 Å². The predicted octanol–water partition coefficient (Wildman–Crippen LogP) is 3.19. The van der Waals surface area contributed by atoms with E-state index in [0.29, 0.717) is 0 Å². The van der Waals surface area contributed by atoms with E-state index in [1.54, 1.807) is 12.5 Å². The fourth-order valence-corrected chi connectivity index (χ4v) is 1.17. The topological polar surface area (TPSA) is 13.1 Å². The lowest BCUT2D eigenvalue weighted by Crippen LogP contribution is -1.93. The number of hydrogen-bond donors (Lipinski definition) is 0. The number of hydrogen-bond acceptors (Lipinski definition) is 2. The average molecular weight is 168 g/mol. The Morgan fingerprint density at radius 2 is 2.45 bits per heavy atom. The Morgan fingerprint density at radius 1 is 1.64 bits per heavy atom. The largest absolute Gasteiger partial charge is 0.472 e. The molecular formula is C9H12OS. The zero-order valence-corrected chi connectivity index (χ0v) is 7.49. The zero-order valence-electron chi connectivity index (χ0n) is 6.67. The number of furan rings is 1. The molecule has 0 atom stereocenters. The van der Waals surface area contributed by atoms with Crippen LogP contribution in [0.25, 0.3) is 0 Å². The number of rotatable bonds is 4. The molecule has 0 radical (unpaired) electrons. The van der Waals surface area contributed by atoms with Crippen molar-refractivity contribution in [2.24, 2.45) is 0 Å². The summed E-state index contributed by atoms with van der Waals surface area (Å²) in [4.78, 5) is 1.01. The minimum atomic E-state index is 1.01. The number of thiocarbonyl (C=S) groups is 1. The third-order valence-corrected chi connectivity index (χ3v) is 2.04. The molecule has 0 saturated carbocycles. The Bertz CT molecular complexity index is 213. The first kappa shape index (κ1) is 8.47. The molecule has 2 heteroatoms. The van der Waals surface area contributed by atoms with Crippen molar-refractivity contribution in [2.45, 2.75) is 26.2 Å². The quantitative estimate of drug-likeness (QED) is 0.506. The Kier molecular flexibility index (Phi) is 3.30. The molecule has 0 bridgehead atoms. The molecule has 0 spiro atoms. The minimum Gasteiger partial charge on any atom is -0.472 e. The first-order chi connectivity index (χ1) is 5.34. The van der Waals surface area contributed by atoms with E-state index in [1.807, 2.05) is 6.07 Å². The fraction of sp³-hybridized carbons (Fsp3) is 0.444. The third-order valence-electron chi connectivity index (χ3n) is 1.60. The van der Waals surface area contributed by atoms with Crippen molar-refractivity contribution >= 4 is 17.1 Å². The van der Waals surface area contributed by atoms with E-state index >= 15 is 0 Å². The van der Waals surface area contributed by atoms with E-state index in [2.05, 4.69) is 6.92 Å². The Morgan fingerprint density at radius 3 is 3.00 bits per heavy atom. The van der Waals surface area contributed by atoms with Crippen molar-refractivity contribution in [3.8, 4) is 0 Å². The van der Waals surface area contributed by atoms with E-state index in [4.69, 9.17) is 16.6 Å². The Hall–Kier alpha value is -0.630. The maximum Gasteiger partial charge on any atom is 0.0986 e. The molecule has 0 unspecified atom stereocenters. The fourth-order valence-electron chi connectivity index (χ4n) is 0.905. The summed E-state index contributed by atoms with van der Waals surface area (Å²) < 4.78 is 4.93. The summed E-state index contributed by atoms with van der Waals surface area (Å²) in [6.07, 6.45) is 6.74. The second-order valence-corrected chi connectivity index (χ2v) is 3.03. The van der Waals surface area contributed by atoms with Gasteiger partial charge in [0.15, 0.2) is 0 Å². The molecule has 0 aliphatic carbocycles. The summed E-state index contributed by atoms with van der Waals surface area (Å²) in [6, 6.07) is 1.91. The van der Waals surface area contributed by atoms with Gasteiger partial charge in [0.25, 0.3) is 0 Å². The van der Waals surface area contributed by atoms with Gasteiger partial charge in [-0.2, -0.15) is 0 Å². The molecule has 0 aromatic carbocycles. The predicted molar refractivity (Wildman–Crippen MR) is 49.9 cm³/mol. The second kappa shape index (κ2) is 4.29.